The zero-order chi connectivity index (χ0) is 14.7. The Bertz CT molecular complexity index is 734. The minimum Gasteiger partial charge on any atom is -0.340 e. The fraction of sp³-hybridized carbons (Fsp3) is 0.111. The molecule has 1 N–H and O–H groups in total. The molecular weight excluding hydrogens is 258 g/mol. The average Bonchev–Trinajstić information content (AvgIpc) is 2.48. The summed E-state index contributed by atoms with van der Waals surface area (Å²) in [5.41, 5.74) is 4.29. The van der Waals surface area contributed by atoms with E-state index in [4.69, 9.17) is 0 Å². The second kappa shape index (κ2) is 5.75. The van der Waals surface area contributed by atoms with Crippen molar-refractivity contribution in [2.45, 2.75) is 13.8 Å². The molecule has 3 heteroatoms. The molecule has 0 fully saturated rings. The molecular formula is C18H17N3. The first kappa shape index (κ1) is 13.3. The molecule has 0 unspecified atom stereocenters. The molecule has 3 nitrogen and oxygen atoms in total. The van der Waals surface area contributed by atoms with Crippen molar-refractivity contribution >= 4 is 11.5 Å². The number of hydrogen-bond acceptors (Lipinski definition) is 3. The van der Waals surface area contributed by atoms with Gasteiger partial charge in [-0.25, -0.2) is 9.97 Å². The quantitative estimate of drug-likeness (QED) is 0.764. The molecule has 1 heterocycles. The standard InChI is InChI=1S/C18H17N3/c1-13-8-10-15(11-9-13)17-12-18(20-14(2)19-17)21-16-6-4-3-5-7-16/h3-12H,1-2H3,(H,19,20,21). The van der Waals surface area contributed by atoms with Crippen molar-refractivity contribution in [3.05, 3.63) is 72.1 Å². The van der Waals surface area contributed by atoms with E-state index < -0.39 is 0 Å². The zero-order valence-electron chi connectivity index (χ0n) is 12.2. The van der Waals surface area contributed by atoms with Gasteiger partial charge < -0.3 is 5.32 Å². The van der Waals surface area contributed by atoms with Crippen LogP contribution in [0.5, 0.6) is 0 Å². The van der Waals surface area contributed by atoms with Gasteiger partial charge in [0.05, 0.1) is 5.69 Å². The first-order chi connectivity index (χ1) is 10.2. The number of para-hydroxylation sites is 1. The Morgan fingerprint density at radius 2 is 1.52 bits per heavy atom. The molecule has 0 radical (unpaired) electrons. The first-order valence-corrected chi connectivity index (χ1v) is 6.95. The second-order valence-electron chi connectivity index (χ2n) is 5.04. The largest absolute Gasteiger partial charge is 0.340 e. The maximum Gasteiger partial charge on any atom is 0.134 e. The highest BCUT2D eigenvalue weighted by atomic mass is 15.0. The third-order valence-corrected chi connectivity index (χ3v) is 3.23. The lowest BCUT2D eigenvalue weighted by molar-refractivity contribution is 1.06. The van der Waals surface area contributed by atoms with Crippen molar-refractivity contribution in [3.63, 3.8) is 0 Å². The minimum atomic E-state index is 0.756. The van der Waals surface area contributed by atoms with Gasteiger partial charge >= 0.3 is 0 Å². The van der Waals surface area contributed by atoms with E-state index in [0.717, 1.165) is 28.6 Å². The molecule has 3 rings (SSSR count). The monoisotopic (exact) mass is 275 g/mol. The summed E-state index contributed by atoms with van der Waals surface area (Å²) in [6.45, 7) is 3.99. The highest BCUT2D eigenvalue weighted by molar-refractivity contribution is 5.65. The van der Waals surface area contributed by atoms with Gasteiger partial charge in [-0.3, -0.25) is 0 Å². The van der Waals surface area contributed by atoms with E-state index >= 15 is 0 Å². The van der Waals surface area contributed by atoms with Gasteiger partial charge in [0, 0.05) is 17.3 Å². The summed E-state index contributed by atoms with van der Waals surface area (Å²) in [4.78, 5) is 8.97. The van der Waals surface area contributed by atoms with Gasteiger partial charge in [-0.05, 0) is 26.0 Å². The second-order valence-corrected chi connectivity index (χ2v) is 5.04. The maximum atomic E-state index is 4.52. The van der Waals surface area contributed by atoms with E-state index in [1.54, 1.807) is 0 Å². The first-order valence-electron chi connectivity index (χ1n) is 6.95. The molecule has 0 spiro atoms. The summed E-state index contributed by atoms with van der Waals surface area (Å²) >= 11 is 0. The lowest BCUT2D eigenvalue weighted by Crippen LogP contribution is -1.98. The van der Waals surface area contributed by atoms with Crippen molar-refractivity contribution in [2.24, 2.45) is 0 Å². The molecule has 0 aliphatic carbocycles. The normalized spacial score (nSPS) is 10.4. The molecule has 0 amide bonds. The van der Waals surface area contributed by atoms with E-state index in [1.165, 1.54) is 5.56 Å². The molecule has 0 atom stereocenters. The van der Waals surface area contributed by atoms with Crippen molar-refractivity contribution < 1.29 is 0 Å². The molecule has 2 aromatic carbocycles. The van der Waals surface area contributed by atoms with E-state index in [1.807, 2.05) is 43.3 Å². The predicted octanol–water partition coefficient (Wildman–Crippen LogP) is 4.50. The van der Waals surface area contributed by atoms with Crippen LogP contribution in [0.15, 0.2) is 60.7 Å². The SMILES string of the molecule is Cc1ccc(-c2cc(Nc3ccccc3)nc(C)n2)cc1. The van der Waals surface area contributed by atoms with Gasteiger partial charge in [0.2, 0.25) is 0 Å². The van der Waals surface area contributed by atoms with Crippen LogP contribution in [0, 0.1) is 13.8 Å². The highest BCUT2D eigenvalue weighted by Crippen LogP contribution is 2.22. The fourth-order valence-corrected chi connectivity index (χ4v) is 2.17. The Morgan fingerprint density at radius 3 is 2.24 bits per heavy atom. The van der Waals surface area contributed by atoms with Crippen LogP contribution in [0.3, 0.4) is 0 Å². The third kappa shape index (κ3) is 3.26. The zero-order valence-corrected chi connectivity index (χ0v) is 12.2. The third-order valence-electron chi connectivity index (χ3n) is 3.23. The van der Waals surface area contributed by atoms with Crippen LogP contribution in [-0.4, -0.2) is 9.97 Å². The summed E-state index contributed by atoms with van der Waals surface area (Å²) in [6, 6.07) is 20.4. The highest BCUT2D eigenvalue weighted by Gasteiger charge is 2.04. The summed E-state index contributed by atoms with van der Waals surface area (Å²) in [6.07, 6.45) is 0. The number of hydrogen-bond donors (Lipinski definition) is 1. The van der Waals surface area contributed by atoms with E-state index in [9.17, 15) is 0 Å². The Kier molecular flexibility index (Phi) is 3.65. The Morgan fingerprint density at radius 1 is 0.810 bits per heavy atom. The smallest absolute Gasteiger partial charge is 0.134 e. The molecule has 3 aromatic rings. The predicted molar refractivity (Wildman–Crippen MR) is 86.7 cm³/mol. The number of nitrogens with one attached hydrogen (secondary N) is 1. The number of benzene rings is 2. The lowest BCUT2D eigenvalue weighted by atomic mass is 10.1. The molecule has 0 saturated heterocycles. The van der Waals surface area contributed by atoms with Crippen LogP contribution in [0.25, 0.3) is 11.3 Å². The number of aryl methyl sites for hydroxylation is 2. The summed E-state index contributed by atoms with van der Waals surface area (Å²) in [5, 5.41) is 3.32. The summed E-state index contributed by atoms with van der Waals surface area (Å²) in [7, 11) is 0. The Labute approximate surface area is 124 Å². The van der Waals surface area contributed by atoms with Crippen LogP contribution < -0.4 is 5.32 Å². The van der Waals surface area contributed by atoms with Crippen LogP contribution in [0.4, 0.5) is 11.5 Å². The van der Waals surface area contributed by atoms with Crippen molar-refractivity contribution in [2.75, 3.05) is 5.32 Å². The Balaban J connectivity index is 1.94. The topological polar surface area (TPSA) is 37.8 Å². The number of aromatic nitrogens is 2. The molecule has 21 heavy (non-hydrogen) atoms. The molecule has 1 aromatic heterocycles. The van der Waals surface area contributed by atoms with Gasteiger partial charge in [0.25, 0.3) is 0 Å². The molecule has 0 aliphatic rings. The van der Waals surface area contributed by atoms with Crippen LogP contribution >= 0.6 is 0 Å². The van der Waals surface area contributed by atoms with Gasteiger partial charge in [0.15, 0.2) is 0 Å². The number of anilines is 2. The number of rotatable bonds is 3. The average molecular weight is 275 g/mol. The van der Waals surface area contributed by atoms with Crippen molar-refractivity contribution in [1.29, 1.82) is 0 Å². The van der Waals surface area contributed by atoms with Crippen molar-refractivity contribution in [1.82, 2.24) is 9.97 Å². The molecule has 0 aliphatic heterocycles. The summed E-state index contributed by atoms with van der Waals surface area (Å²) < 4.78 is 0. The van der Waals surface area contributed by atoms with Gasteiger partial charge in [-0.2, -0.15) is 0 Å². The van der Waals surface area contributed by atoms with Gasteiger partial charge in [0.1, 0.15) is 11.6 Å². The van der Waals surface area contributed by atoms with Gasteiger partial charge in [-0.1, -0.05) is 48.0 Å². The van der Waals surface area contributed by atoms with E-state index in [2.05, 4.69) is 46.5 Å². The number of nitrogens with zero attached hydrogens (tertiary/aromatic N) is 2. The fourth-order valence-electron chi connectivity index (χ4n) is 2.17. The summed E-state index contributed by atoms with van der Waals surface area (Å²) in [5.74, 6) is 1.57. The van der Waals surface area contributed by atoms with Crippen LogP contribution in [0.2, 0.25) is 0 Å². The Hall–Kier alpha value is -2.68. The van der Waals surface area contributed by atoms with Crippen molar-refractivity contribution in [3.8, 4) is 11.3 Å². The minimum absolute atomic E-state index is 0.756. The van der Waals surface area contributed by atoms with Gasteiger partial charge in [-0.15, -0.1) is 0 Å². The molecule has 0 saturated carbocycles. The van der Waals surface area contributed by atoms with Crippen LogP contribution in [0.1, 0.15) is 11.4 Å². The van der Waals surface area contributed by atoms with Crippen LogP contribution in [-0.2, 0) is 0 Å². The van der Waals surface area contributed by atoms with E-state index in [-0.39, 0.29) is 0 Å². The van der Waals surface area contributed by atoms with E-state index in [0.29, 0.717) is 0 Å². The molecule has 0 bridgehead atoms. The maximum absolute atomic E-state index is 4.52. The molecule has 104 valence electrons. The lowest BCUT2D eigenvalue weighted by Gasteiger charge is -2.09.